The predicted octanol–water partition coefficient (Wildman–Crippen LogP) is 6.52. The molecule has 190 valence electrons. The lowest BCUT2D eigenvalue weighted by Crippen LogP contribution is -2.34. The summed E-state index contributed by atoms with van der Waals surface area (Å²) >= 11 is 3.45. The number of carbonyl (C=O) groups is 2. The first-order valence-corrected chi connectivity index (χ1v) is 13.4. The standard InChI is InChI=1S/C28H38BrN3O3/c1-2-3-4-5-6-7-8-9-13-16-27(33)30-21-28(34)32-31-20-24-19-25(29)17-18-26(24)35-22-23-14-11-10-12-15-23/h10-12,14-15,17-20H,2-9,13,16,21-22H2,1H3,(H,30,33)(H,32,34)/b31-20-. The van der Waals surface area contributed by atoms with Crippen LogP contribution in [0.15, 0.2) is 58.1 Å². The van der Waals surface area contributed by atoms with Crippen molar-refractivity contribution in [1.82, 2.24) is 10.7 Å². The topological polar surface area (TPSA) is 79.8 Å². The van der Waals surface area contributed by atoms with E-state index >= 15 is 0 Å². The van der Waals surface area contributed by atoms with Crippen LogP contribution in [0.2, 0.25) is 0 Å². The van der Waals surface area contributed by atoms with Crippen molar-refractivity contribution in [3.8, 4) is 5.75 Å². The van der Waals surface area contributed by atoms with Crippen molar-refractivity contribution >= 4 is 34.0 Å². The number of halogens is 1. The summed E-state index contributed by atoms with van der Waals surface area (Å²) in [4.78, 5) is 24.0. The van der Waals surface area contributed by atoms with Crippen LogP contribution in [0.5, 0.6) is 5.75 Å². The molecule has 7 heteroatoms. The number of ether oxygens (including phenoxy) is 1. The molecule has 35 heavy (non-hydrogen) atoms. The van der Waals surface area contributed by atoms with Gasteiger partial charge in [0.05, 0.1) is 12.8 Å². The molecular formula is C28H38BrN3O3. The Hall–Kier alpha value is -2.67. The minimum Gasteiger partial charge on any atom is -0.488 e. The van der Waals surface area contributed by atoms with E-state index in [2.05, 4.69) is 38.7 Å². The Morgan fingerprint density at radius 1 is 0.914 bits per heavy atom. The number of amides is 2. The van der Waals surface area contributed by atoms with E-state index in [-0.39, 0.29) is 18.4 Å². The predicted molar refractivity (Wildman–Crippen MR) is 146 cm³/mol. The Balaban J connectivity index is 1.64. The van der Waals surface area contributed by atoms with Crippen LogP contribution in [0.4, 0.5) is 0 Å². The molecule has 0 fully saturated rings. The lowest BCUT2D eigenvalue weighted by molar-refractivity contribution is -0.126. The third kappa shape index (κ3) is 13.1. The third-order valence-corrected chi connectivity index (χ3v) is 6.05. The summed E-state index contributed by atoms with van der Waals surface area (Å²) in [6.07, 6.45) is 12.8. The van der Waals surface area contributed by atoms with E-state index in [1.54, 1.807) is 0 Å². The van der Waals surface area contributed by atoms with Crippen molar-refractivity contribution in [3.05, 3.63) is 64.1 Å². The normalized spacial score (nSPS) is 10.9. The molecule has 0 aliphatic rings. The lowest BCUT2D eigenvalue weighted by atomic mass is 10.1. The molecule has 0 heterocycles. The molecule has 0 aliphatic carbocycles. The Labute approximate surface area is 218 Å². The zero-order valence-electron chi connectivity index (χ0n) is 20.7. The van der Waals surface area contributed by atoms with E-state index in [4.69, 9.17) is 4.74 Å². The minimum absolute atomic E-state index is 0.0938. The number of hydrogen-bond acceptors (Lipinski definition) is 4. The summed E-state index contributed by atoms with van der Waals surface area (Å²) in [5.74, 6) is 0.184. The van der Waals surface area contributed by atoms with Gasteiger partial charge in [-0.15, -0.1) is 0 Å². The average molecular weight is 545 g/mol. The Bertz CT molecular complexity index is 919. The second-order valence-corrected chi connectivity index (χ2v) is 9.52. The summed E-state index contributed by atoms with van der Waals surface area (Å²) in [6, 6.07) is 15.5. The van der Waals surface area contributed by atoms with Crippen molar-refractivity contribution in [2.24, 2.45) is 5.10 Å². The highest BCUT2D eigenvalue weighted by atomic mass is 79.9. The molecule has 0 bridgehead atoms. The first-order valence-electron chi connectivity index (χ1n) is 12.6. The molecule has 2 aromatic carbocycles. The monoisotopic (exact) mass is 543 g/mol. The van der Waals surface area contributed by atoms with Gasteiger partial charge in [-0.05, 0) is 30.2 Å². The van der Waals surface area contributed by atoms with Gasteiger partial charge in [-0.25, -0.2) is 5.43 Å². The highest BCUT2D eigenvalue weighted by Crippen LogP contribution is 2.22. The fraction of sp³-hybridized carbons (Fsp3) is 0.464. The van der Waals surface area contributed by atoms with E-state index in [9.17, 15) is 9.59 Å². The fourth-order valence-corrected chi connectivity index (χ4v) is 3.94. The molecule has 0 saturated carbocycles. The molecular weight excluding hydrogens is 506 g/mol. The summed E-state index contributed by atoms with van der Waals surface area (Å²) < 4.78 is 6.79. The van der Waals surface area contributed by atoms with Crippen molar-refractivity contribution in [2.45, 2.75) is 77.7 Å². The largest absolute Gasteiger partial charge is 0.488 e. The molecule has 2 amide bonds. The van der Waals surface area contributed by atoms with Crippen LogP contribution in [-0.2, 0) is 16.2 Å². The number of nitrogens with one attached hydrogen (secondary N) is 2. The van der Waals surface area contributed by atoms with Crippen LogP contribution < -0.4 is 15.5 Å². The molecule has 0 atom stereocenters. The Morgan fingerprint density at radius 2 is 1.60 bits per heavy atom. The summed E-state index contributed by atoms with van der Waals surface area (Å²) in [5.41, 5.74) is 4.24. The number of unbranched alkanes of at least 4 members (excludes halogenated alkanes) is 8. The zero-order valence-corrected chi connectivity index (χ0v) is 22.3. The first-order chi connectivity index (χ1) is 17.1. The number of carbonyl (C=O) groups excluding carboxylic acids is 2. The molecule has 2 rings (SSSR count). The maximum atomic E-state index is 12.0. The Morgan fingerprint density at radius 3 is 2.31 bits per heavy atom. The molecule has 0 aromatic heterocycles. The first kappa shape index (κ1) is 28.6. The summed E-state index contributed by atoms with van der Waals surface area (Å²) in [7, 11) is 0. The smallest absolute Gasteiger partial charge is 0.259 e. The van der Waals surface area contributed by atoms with E-state index in [0.29, 0.717) is 18.8 Å². The van der Waals surface area contributed by atoms with Crippen LogP contribution in [0.3, 0.4) is 0 Å². The SMILES string of the molecule is CCCCCCCCCCCC(=O)NCC(=O)N/N=C\c1cc(Br)ccc1OCc1ccccc1. The number of nitrogens with zero attached hydrogens (tertiary/aromatic N) is 1. The summed E-state index contributed by atoms with van der Waals surface area (Å²) in [6.45, 7) is 2.56. The number of hydrazone groups is 1. The fourth-order valence-electron chi connectivity index (χ4n) is 3.56. The number of hydrogen-bond donors (Lipinski definition) is 2. The van der Waals surface area contributed by atoms with Gasteiger partial charge in [0.2, 0.25) is 5.91 Å². The van der Waals surface area contributed by atoms with Gasteiger partial charge in [-0.3, -0.25) is 9.59 Å². The molecule has 2 aromatic rings. The van der Waals surface area contributed by atoms with Gasteiger partial charge in [0.1, 0.15) is 12.4 Å². The maximum Gasteiger partial charge on any atom is 0.259 e. The van der Waals surface area contributed by atoms with Crippen LogP contribution in [0.1, 0.15) is 82.3 Å². The number of rotatable bonds is 17. The Kier molecular flexibility index (Phi) is 14.5. The van der Waals surface area contributed by atoms with Crippen LogP contribution in [-0.4, -0.2) is 24.6 Å². The molecule has 0 aliphatic heterocycles. The highest BCUT2D eigenvalue weighted by molar-refractivity contribution is 9.10. The van der Waals surface area contributed by atoms with Gasteiger partial charge in [0, 0.05) is 16.5 Å². The van der Waals surface area contributed by atoms with Crippen LogP contribution in [0, 0.1) is 0 Å². The highest BCUT2D eigenvalue weighted by Gasteiger charge is 2.06. The van der Waals surface area contributed by atoms with Gasteiger partial charge >= 0.3 is 0 Å². The van der Waals surface area contributed by atoms with Crippen molar-refractivity contribution in [3.63, 3.8) is 0 Å². The van der Waals surface area contributed by atoms with E-state index in [1.807, 2.05) is 48.5 Å². The van der Waals surface area contributed by atoms with E-state index in [1.165, 1.54) is 51.2 Å². The molecule has 0 radical (unpaired) electrons. The maximum absolute atomic E-state index is 12.0. The van der Waals surface area contributed by atoms with Gasteiger partial charge in [0.15, 0.2) is 0 Å². The van der Waals surface area contributed by atoms with Gasteiger partial charge in [0.25, 0.3) is 5.91 Å². The zero-order chi connectivity index (χ0) is 25.1. The van der Waals surface area contributed by atoms with Crippen LogP contribution in [0.25, 0.3) is 0 Å². The molecule has 2 N–H and O–H groups in total. The molecule has 0 saturated heterocycles. The van der Waals surface area contributed by atoms with Crippen molar-refractivity contribution in [2.75, 3.05) is 6.54 Å². The summed E-state index contributed by atoms with van der Waals surface area (Å²) in [5, 5.41) is 6.68. The van der Waals surface area contributed by atoms with Gasteiger partial charge < -0.3 is 10.1 Å². The second-order valence-electron chi connectivity index (χ2n) is 8.60. The van der Waals surface area contributed by atoms with Gasteiger partial charge in [-0.1, -0.05) is 105 Å². The lowest BCUT2D eigenvalue weighted by Gasteiger charge is -2.10. The second kappa shape index (κ2) is 17.7. The van der Waals surface area contributed by atoms with Crippen molar-refractivity contribution < 1.29 is 14.3 Å². The van der Waals surface area contributed by atoms with E-state index < -0.39 is 0 Å². The number of benzene rings is 2. The third-order valence-electron chi connectivity index (χ3n) is 5.56. The van der Waals surface area contributed by atoms with Gasteiger partial charge in [-0.2, -0.15) is 5.10 Å². The van der Waals surface area contributed by atoms with Crippen molar-refractivity contribution in [1.29, 1.82) is 0 Å². The van der Waals surface area contributed by atoms with E-state index in [0.717, 1.165) is 28.4 Å². The quantitative estimate of drug-likeness (QED) is 0.135. The van der Waals surface area contributed by atoms with Crippen LogP contribution >= 0.6 is 15.9 Å². The molecule has 6 nitrogen and oxygen atoms in total. The minimum atomic E-state index is -0.372. The molecule has 0 unspecified atom stereocenters. The average Bonchev–Trinajstić information content (AvgIpc) is 2.86. The molecule has 0 spiro atoms.